The van der Waals surface area contributed by atoms with Crippen LogP contribution in [0, 0.1) is 0 Å². The number of aldehydes is 1. The number of hydrogen-bond donors (Lipinski definition) is 0. The largest absolute Gasteiger partial charge is 0.573 e. The van der Waals surface area contributed by atoms with Crippen molar-refractivity contribution in [2.75, 3.05) is 0 Å². The molecule has 1 heterocycles. The van der Waals surface area contributed by atoms with Crippen molar-refractivity contribution in [3.8, 4) is 5.75 Å². The summed E-state index contributed by atoms with van der Waals surface area (Å²) in [4.78, 5) is 10.8. The van der Waals surface area contributed by atoms with Crippen LogP contribution in [0.1, 0.15) is 15.9 Å². The van der Waals surface area contributed by atoms with E-state index in [0.717, 1.165) is 17.2 Å². The van der Waals surface area contributed by atoms with E-state index in [1.54, 1.807) is 41.2 Å². The van der Waals surface area contributed by atoms with Gasteiger partial charge in [-0.2, -0.15) is 5.10 Å². The summed E-state index contributed by atoms with van der Waals surface area (Å²) < 4.78 is 43.0. The van der Waals surface area contributed by atoms with Crippen molar-refractivity contribution in [1.82, 2.24) is 9.78 Å². The van der Waals surface area contributed by atoms with E-state index in [2.05, 4.69) is 9.84 Å². The molecule has 0 bridgehead atoms. The highest BCUT2D eigenvalue weighted by molar-refractivity contribution is 5.86. The molecule has 0 aliphatic heterocycles. The quantitative estimate of drug-likeness (QED) is 0.687. The molecule has 0 amide bonds. The van der Waals surface area contributed by atoms with E-state index in [4.69, 9.17) is 0 Å². The van der Waals surface area contributed by atoms with E-state index in [9.17, 15) is 18.0 Å². The monoisotopic (exact) mass is 320 g/mol. The smallest absolute Gasteiger partial charge is 0.405 e. The molecule has 0 saturated carbocycles. The first-order chi connectivity index (χ1) is 11.0. The maximum Gasteiger partial charge on any atom is 0.573 e. The Labute approximate surface area is 129 Å². The van der Waals surface area contributed by atoms with E-state index in [1.807, 2.05) is 0 Å². The van der Waals surface area contributed by atoms with Crippen LogP contribution >= 0.6 is 0 Å². The van der Waals surface area contributed by atoms with Gasteiger partial charge in [-0.3, -0.25) is 9.48 Å². The Morgan fingerprint density at radius 2 is 1.96 bits per heavy atom. The first-order valence-electron chi connectivity index (χ1n) is 6.71. The minimum atomic E-state index is -4.75. The fourth-order valence-corrected chi connectivity index (χ4v) is 2.32. The van der Waals surface area contributed by atoms with E-state index in [-0.39, 0.29) is 12.3 Å². The SMILES string of the molecule is O=Cc1ccc2c(cnn2Cc2ccccc2OC(F)(F)F)c1. The molecule has 3 aromatic rings. The zero-order chi connectivity index (χ0) is 16.4. The zero-order valence-electron chi connectivity index (χ0n) is 11.7. The van der Waals surface area contributed by atoms with Crippen molar-refractivity contribution in [2.45, 2.75) is 12.9 Å². The predicted octanol–water partition coefficient (Wildman–Crippen LogP) is 3.80. The fourth-order valence-electron chi connectivity index (χ4n) is 2.32. The van der Waals surface area contributed by atoms with Crippen LogP contribution in [0.4, 0.5) is 13.2 Å². The Bertz CT molecular complexity index is 856. The van der Waals surface area contributed by atoms with Crippen LogP contribution in [-0.2, 0) is 6.54 Å². The molecule has 0 spiro atoms. The molecule has 1 aromatic heterocycles. The molecule has 0 atom stereocenters. The number of benzene rings is 2. The minimum absolute atomic E-state index is 0.121. The number of rotatable bonds is 4. The molecule has 23 heavy (non-hydrogen) atoms. The molecule has 0 fully saturated rings. The van der Waals surface area contributed by atoms with E-state index in [1.165, 1.54) is 12.1 Å². The van der Waals surface area contributed by atoms with Crippen molar-refractivity contribution < 1.29 is 22.7 Å². The van der Waals surface area contributed by atoms with Crippen molar-refractivity contribution >= 4 is 17.2 Å². The van der Waals surface area contributed by atoms with Crippen molar-refractivity contribution in [3.63, 3.8) is 0 Å². The van der Waals surface area contributed by atoms with Gasteiger partial charge in [0.2, 0.25) is 0 Å². The van der Waals surface area contributed by atoms with Gasteiger partial charge in [0.05, 0.1) is 18.3 Å². The summed E-state index contributed by atoms with van der Waals surface area (Å²) in [5.41, 5.74) is 1.59. The normalized spacial score (nSPS) is 11.6. The lowest BCUT2D eigenvalue weighted by molar-refractivity contribution is -0.274. The molecule has 0 saturated heterocycles. The molecule has 0 aliphatic carbocycles. The van der Waals surface area contributed by atoms with E-state index < -0.39 is 6.36 Å². The van der Waals surface area contributed by atoms with Gasteiger partial charge in [0.15, 0.2) is 0 Å². The summed E-state index contributed by atoms with van der Waals surface area (Å²) in [6, 6.07) is 10.9. The molecule has 118 valence electrons. The van der Waals surface area contributed by atoms with Crippen LogP contribution in [0.25, 0.3) is 10.9 Å². The lowest BCUT2D eigenvalue weighted by Gasteiger charge is -2.13. The average Bonchev–Trinajstić information content (AvgIpc) is 2.90. The van der Waals surface area contributed by atoms with Gasteiger partial charge >= 0.3 is 6.36 Å². The number of carbonyl (C=O) groups is 1. The first-order valence-corrected chi connectivity index (χ1v) is 6.71. The summed E-state index contributed by atoms with van der Waals surface area (Å²) in [5.74, 6) is -0.256. The minimum Gasteiger partial charge on any atom is -0.405 e. The van der Waals surface area contributed by atoms with Crippen LogP contribution in [0.5, 0.6) is 5.75 Å². The Morgan fingerprint density at radius 3 is 2.70 bits per heavy atom. The molecular formula is C16H11F3N2O2. The topological polar surface area (TPSA) is 44.1 Å². The second kappa shape index (κ2) is 5.75. The highest BCUT2D eigenvalue weighted by atomic mass is 19.4. The summed E-state index contributed by atoms with van der Waals surface area (Å²) in [6.07, 6.45) is -2.46. The summed E-state index contributed by atoms with van der Waals surface area (Å²) in [7, 11) is 0. The fraction of sp³-hybridized carbons (Fsp3) is 0.125. The van der Waals surface area contributed by atoms with Gasteiger partial charge in [-0.1, -0.05) is 18.2 Å². The van der Waals surface area contributed by atoms with E-state index in [0.29, 0.717) is 11.1 Å². The third-order valence-electron chi connectivity index (χ3n) is 3.32. The summed E-state index contributed by atoms with van der Waals surface area (Å²) in [6.45, 7) is 0.121. The Kier molecular flexibility index (Phi) is 3.77. The maximum atomic E-state index is 12.5. The van der Waals surface area contributed by atoms with Crippen LogP contribution in [-0.4, -0.2) is 22.4 Å². The van der Waals surface area contributed by atoms with Gasteiger partial charge < -0.3 is 4.74 Å². The standard InChI is InChI=1S/C16H11F3N2O2/c17-16(18,19)23-15-4-2-1-3-12(15)9-21-14-6-5-11(10-22)7-13(14)8-20-21/h1-8,10H,9H2. The molecule has 0 N–H and O–H groups in total. The third-order valence-corrected chi connectivity index (χ3v) is 3.32. The van der Waals surface area contributed by atoms with E-state index >= 15 is 0 Å². The molecular weight excluding hydrogens is 309 g/mol. The number of para-hydroxylation sites is 1. The molecule has 3 rings (SSSR count). The summed E-state index contributed by atoms with van der Waals surface area (Å²) in [5, 5.41) is 4.91. The number of fused-ring (bicyclic) bond motifs is 1. The van der Waals surface area contributed by atoms with Crippen LogP contribution in [0.15, 0.2) is 48.7 Å². The molecule has 0 aliphatic rings. The maximum absolute atomic E-state index is 12.5. The van der Waals surface area contributed by atoms with Crippen molar-refractivity contribution in [3.05, 3.63) is 59.8 Å². The van der Waals surface area contributed by atoms with Gasteiger partial charge in [0.1, 0.15) is 12.0 Å². The second-order valence-corrected chi connectivity index (χ2v) is 4.89. The Balaban J connectivity index is 1.95. The van der Waals surface area contributed by atoms with Gasteiger partial charge in [0, 0.05) is 16.5 Å². The van der Waals surface area contributed by atoms with Gasteiger partial charge in [-0.05, 0) is 24.3 Å². The predicted molar refractivity (Wildman–Crippen MR) is 77.3 cm³/mol. The second-order valence-electron chi connectivity index (χ2n) is 4.89. The number of nitrogens with zero attached hydrogens (tertiary/aromatic N) is 2. The lowest BCUT2D eigenvalue weighted by atomic mass is 10.1. The Hall–Kier alpha value is -2.83. The number of alkyl halides is 3. The van der Waals surface area contributed by atoms with Crippen molar-refractivity contribution in [1.29, 1.82) is 0 Å². The van der Waals surface area contributed by atoms with Gasteiger partial charge in [-0.25, -0.2) is 0 Å². The number of carbonyl (C=O) groups excluding carboxylic acids is 1. The lowest BCUT2D eigenvalue weighted by Crippen LogP contribution is -2.18. The number of ether oxygens (including phenoxy) is 1. The zero-order valence-corrected chi connectivity index (χ0v) is 11.7. The third kappa shape index (κ3) is 3.33. The number of hydrogen-bond acceptors (Lipinski definition) is 3. The summed E-state index contributed by atoms with van der Waals surface area (Å²) >= 11 is 0. The van der Waals surface area contributed by atoms with Gasteiger partial charge in [0.25, 0.3) is 0 Å². The molecule has 2 aromatic carbocycles. The Morgan fingerprint density at radius 1 is 1.17 bits per heavy atom. The van der Waals surface area contributed by atoms with Crippen molar-refractivity contribution in [2.24, 2.45) is 0 Å². The van der Waals surface area contributed by atoms with Crippen LogP contribution in [0.3, 0.4) is 0 Å². The average molecular weight is 320 g/mol. The van der Waals surface area contributed by atoms with Gasteiger partial charge in [-0.15, -0.1) is 13.2 Å². The highest BCUT2D eigenvalue weighted by Crippen LogP contribution is 2.27. The first kappa shape index (κ1) is 15.1. The molecule has 4 nitrogen and oxygen atoms in total. The van der Waals surface area contributed by atoms with Crippen LogP contribution < -0.4 is 4.74 Å². The highest BCUT2D eigenvalue weighted by Gasteiger charge is 2.32. The molecule has 0 unspecified atom stereocenters. The molecule has 7 heteroatoms. The van der Waals surface area contributed by atoms with Crippen LogP contribution in [0.2, 0.25) is 0 Å². The molecule has 0 radical (unpaired) electrons. The number of aromatic nitrogens is 2. The number of halogens is 3.